The van der Waals surface area contributed by atoms with Gasteiger partial charge in [-0.3, -0.25) is 0 Å². The van der Waals surface area contributed by atoms with Crippen LogP contribution in [0.4, 0.5) is 0 Å². The molecule has 8 heavy (non-hydrogen) atoms. The summed E-state index contributed by atoms with van der Waals surface area (Å²) >= 11 is 0. The minimum atomic E-state index is -0.252. The highest BCUT2D eigenvalue weighted by Crippen LogP contribution is 1.87. The first-order valence-electron chi connectivity index (χ1n) is 2.32. The maximum absolute atomic E-state index is 7.67. The van der Waals surface area contributed by atoms with Crippen LogP contribution in [0.15, 0.2) is 0 Å². The van der Waals surface area contributed by atoms with Crippen molar-refractivity contribution < 1.29 is 19.9 Å². The Morgan fingerprint density at radius 2 is 2.12 bits per heavy atom. The van der Waals surface area contributed by atoms with Crippen LogP contribution >= 0.6 is 0 Å². The Morgan fingerprint density at radius 3 is 2.50 bits per heavy atom. The fraction of sp³-hybridized carbons (Fsp3) is 1.00. The van der Waals surface area contributed by atoms with Crippen LogP contribution in [0.3, 0.4) is 0 Å². The first-order chi connectivity index (χ1) is 3.77. The SMILES string of the molecule is CC(C)OOCOO. The van der Waals surface area contributed by atoms with Crippen molar-refractivity contribution in [3.63, 3.8) is 0 Å². The summed E-state index contributed by atoms with van der Waals surface area (Å²) in [6, 6.07) is 0. The van der Waals surface area contributed by atoms with Crippen molar-refractivity contribution in [3.05, 3.63) is 0 Å². The Morgan fingerprint density at radius 1 is 1.50 bits per heavy atom. The molecule has 0 atom stereocenters. The van der Waals surface area contributed by atoms with Gasteiger partial charge in [-0.2, -0.15) is 0 Å². The van der Waals surface area contributed by atoms with E-state index in [1.807, 2.05) is 0 Å². The van der Waals surface area contributed by atoms with Crippen molar-refractivity contribution >= 4 is 0 Å². The van der Waals surface area contributed by atoms with E-state index < -0.39 is 0 Å². The molecule has 0 rings (SSSR count). The summed E-state index contributed by atoms with van der Waals surface area (Å²) in [6.45, 7) is 3.35. The van der Waals surface area contributed by atoms with Crippen LogP contribution in [0.2, 0.25) is 0 Å². The molecule has 0 aliphatic heterocycles. The number of hydrogen-bond acceptors (Lipinski definition) is 4. The molecule has 0 heterocycles. The predicted octanol–water partition coefficient (Wildman–Crippen LogP) is 0.790. The van der Waals surface area contributed by atoms with Gasteiger partial charge in [0.2, 0.25) is 6.79 Å². The third-order valence-electron chi connectivity index (χ3n) is 0.361. The third-order valence-corrected chi connectivity index (χ3v) is 0.361. The van der Waals surface area contributed by atoms with Gasteiger partial charge in [-0.1, -0.05) is 0 Å². The monoisotopic (exact) mass is 122 g/mol. The van der Waals surface area contributed by atoms with Crippen LogP contribution in [0.1, 0.15) is 13.8 Å². The zero-order valence-electron chi connectivity index (χ0n) is 4.96. The first kappa shape index (κ1) is 7.84. The predicted molar refractivity (Wildman–Crippen MR) is 25.9 cm³/mol. The summed E-state index contributed by atoms with van der Waals surface area (Å²) in [4.78, 5) is 12.3. The molecule has 0 fully saturated rings. The molecule has 4 nitrogen and oxygen atoms in total. The second-order valence-electron chi connectivity index (χ2n) is 1.51. The van der Waals surface area contributed by atoms with Gasteiger partial charge in [0.15, 0.2) is 0 Å². The van der Waals surface area contributed by atoms with Crippen molar-refractivity contribution in [2.45, 2.75) is 20.0 Å². The lowest BCUT2D eigenvalue weighted by molar-refractivity contribution is -0.413. The molecule has 0 aliphatic carbocycles. The van der Waals surface area contributed by atoms with Crippen molar-refractivity contribution in [2.75, 3.05) is 6.79 Å². The Bertz CT molecular complexity index is 45.3. The Hall–Kier alpha value is -0.160. The Kier molecular flexibility index (Phi) is 4.89. The highest BCUT2D eigenvalue weighted by Gasteiger charge is 1.90. The largest absolute Gasteiger partial charge is 0.249 e. The standard InChI is InChI=1S/C4H10O4/c1-4(2)8-7-3-6-5/h4-5H,3H2,1-2H3. The fourth-order valence-electron chi connectivity index (χ4n) is 0.185. The molecule has 0 aromatic rings. The van der Waals surface area contributed by atoms with Crippen molar-refractivity contribution in [2.24, 2.45) is 0 Å². The van der Waals surface area contributed by atoms with Gasteiger partial charge in [-0.25, -0.2) is 19.9 Å². The average Bonchev–Trinajstić information content (AvgIpc) is 1.66. The second kappa shape index (κ2) is 4.99. The molecular formula is C4H10O4. The fourth-order valence-corrected chi connectivity index (χ4v) is 0.185. The molecule has 0 amide bonds. The molecular weight excluding hydrogens is 112 g/mol. The van der Waals surface area contributed by atoms with Gasteiger partial charge in [-0.15, -0.1) is 0 Å². The van der Waals surface area contributed by atoms with E-state index in [1.54, 1.807) is 13.8 Å². The minimum absolute atomic E-state index is 0.00912. The zero-order valence-corrected chi connectivity index (χ0v) is 4.96. The van der Waals surface area contributed by atoms with E-state index in [2.05, 4.69) is 14.7 Å². The van der Waals surface area contributed by atoms with E-state index in [1.165, 1.54) is 0 Å². The van der Waals surface area contributed by atoms with Crippen molar-refractivity contribution in [3.8, 4) is 0 Å². The van der Waals surface area contributed by atoms with E-state index in [9.17, 15) is 0 Å². The van der Waals surface area contributed by atoms with Crippen LogP contribution in [0, 0.1) is 0 Å². The van der Waals surface area contributed by atoms with E-state index in [-0.39, 0.29) is 12.9 Å². The van der Waals surface area contributed by atoms with Crippen LogP contribution in [0.25, 0.3) is 0 Å². The van der Waals surface area contributed by atoms with Gasteiger partial charge in [0, 0.05) is 0 Å². The summed E-state index contributed by atoms with van der Waals surface area (Å²) in [5.74, 6) is 0. The van der Waals surface area contributed by atoms with Gasteiger partial charge in [-0.05, 0) is 13.8 Å². The van der Waals surface area contributed by atoms with Gasteiger partial charge < -0.3 is 0 Å². The molecule has 0 aromatic carbocycles. The summed E-state index contributed by atoms with van der Waals surface area (Å²) < 4.78 is 0. The van der Waals surface area contributed by atoms with Gasteiger partial charge in [0.1, 0.15) is 0 Å². The normalized spacial score (nSPS) is 10.5. The minimum Gasteiger partial charge on any atom is -0.249 e. The van der Waals surface area contributed by atoms with E-state index in [0.717, 1.165) is 0 Å². The highest BCUT2D eigenvalue weighted by molar-refractivity contribution is 4.25. The van der Waals surface area contributed by atoms with Crippen LogP contribution in [-0.4, -0.2) is 18.2 Å². The lowest BCUT2D eigenvalue weighted by Gasteiger charge is -2.02. The smallest absolute Gasteiger partial charge is 0.214 e. The van der Waals surface area contributed by atoms with Crippen LogP contribution < -0.4 is 0 Å². The molecule has 0 unspecified atom stereocenters. The molecule has 0 bridgehead atoms. The molecule has 0 spiro atoms. The van der Waals surface area contributed by atoms with E-state index >= 15 is 0 Å². The molecule has 1 N–H and O–H groups in total. The molecule has 0 radical (unpaired) electrons. The van der Waals surface area contributed by atoms with Crippen LogP contribution in [0.5, 0.6) is 0 Å². The molecule has 0 aromatic heterocycles. The van der Waals surface area contributed by atoms with Gasteiger partial charge in [0.05, 0.1) is 6.10 Å². The zero-order chi connectivity index (χ0) is 6.41. The summed E-state index contributed by atoms with van der Waals surface area (Å²) in [6.07, 6.45) is -0.00912. The van der Waals surface area contributed by atoms with Gasteiger partial charge >= 0.3 is 0 Å². The summed E-state index contributed by atoms with van der Waals surface area (Å²) in [7, 11) is 0. The quantitative estimate of drug-likeness (QED) is 0.259. The maximum Gasteiger partial charge on any atom is 0.214 e. The third kappa shape index (κ3) is 5.84. The topological polar surface area (TPSA) is 47.9 Å². The number of rotatable bonds is 4. The lowest BCUT2D eigenvalue weighted by atomic mass is 10.5. The molecule has 0 saturated heterocycles. The lowest BCUT2D eigenvalue weighted by Crippen LogP contribution is -2.05. The molecule has 0 aliphatic rings. The first-order valence-corrected chi connectivity index (χ1v) is 2.32. The molecule has 50 valence electrons. The number of hydrogen-bond donors (Lipinski definition) is 1. The van der Waals surface area contributed by atoms with E-state index in [4.69, 9.17) is 5.26 Å². The van der Waals surface area contributed by atoms with Crippen LogP contribution in [-0.2, 0) is 14.7 Å². The maximum atomic E-state index is 7.67. The van der Waals surface area contributed by atoms with Crippen molar-refractivity contribution in [1.29, 1.82) is 0 Å². The summed E-state index contributed by atoms with van der Waals surface area (Å²) in [5.41, 5.74) is 0. The Balaban J connectivity index is 2.72. The second-order valence-corrected chi connectivity index (χ2v) is 1.51. The highest BCUT2D eigenvalue weighted by atomic mass is 17.3. The Labute approximate surface area is 47.8 Å². The van der Waals surface area contributed by atoms with E-state index in [0.29, 0.717) is 0 Å². The molecule has 0 saturated carbocycles. The van der Waals surface area contributed by atoms with Gasteiger partial charge in [0.25, 0.3) is 0 Å². The van der Waals surface area contributed by atoms with Crippen molar-refractivity contribution in [1.82, 2.24) is 0 Å². The molecule has 4 heteroatoms. The average molecular weight is 122 g/mol. The summed E-state index contributed by atoms with van der Waals surface area (Å²) in [5, 5.41) is 7.67.